The zero-order valence-electron chi connectivity index (χ0n) is 20.7. The molecule has 2 aliphatic rings. The van der Waals surface area contributed by atoms with E-state index >= 15 is 0 Å². The van der Waals surface area contributed by atoms with Crippen LogP contribution in [0.2, 0.25) is 0 Å². The van der Waals surface area contributed by atoms with E-state index in [1.807, 2.05) is 30.0 Å². The Morgan fingerprint density at radius 2 is 1.92 bits per heavy atom. The Bertz CT molecular complexity index is 1510. The van der Waals surface area contributed by atoms with Gasteiger partial charge in [-0.1, -0.05) is 6.07 Å². The molecule has 1 amide bonds. The van der Waals surface area contributed by atoms with E-state index in [9.17, 15) is 14.7 Å². The lowest BCUT2D eigenvalue weighted by atomic mass is 9.85. The number of hydrogen-bond acceptors (Lipinski definition) is 8. The third-order valence-electron chi connectivity index (χ3n) is 7.65. The molecule has 3 atom stereocenters. The molecular formula is C26H28N8O3. The highest BCUT2D eigenvalue weighted by Gasteiger charge is 2.44. The van der Waals surface area contributed by atoms with Crippen molar-refractivity contribution >= 4 is 23.2 Å². The number of nitrogen functional groups attached to an aromatic ring is 1. The summed E-state index contributed by atoms with van der Waals surface area (Å²) in [7, 11) is 0. The first-order valence-electron chi connectivity index (χ1n) is 12.4. The number of rotatable bonds is 5. The fourth-order valence-electron chi connectivity index (χ4n) is 6.04. The quantitative estimate of drug-likeness (QED) is 0.353. The van der Waals surface area contributed by atoms with Crippen LogP contribution in [0.4, 0.5) is 5.82 Å². The van der Waals surface area contributed by atoms with Crippen molar-refractivity contribution in [3.63, 3.8) is 0 Å². The van der Waals surface area contributed by atoms with E-state index in [0.29, 0.717) is 29.7 Å². The zero-order valence-corrected chi connectivity index (χ0v) is 20.7. The minimum Gasteiger partial charge on any atom is -0.387 e. The highest BCUT2D eigenvalue weighted by Crippen LogP contribution is 2.44. The number of piperidine rings is 1. The van der Waals surface area contributed by atoms with Gasteiger partial charge in [-0.3, -0.25) is 19.7 Å². The smallest absolute Gasteiger partial charge is 0.248 e. The molecule has 2 fully saturated rings. The molecule has 2 aliphatic heterocycles. The number of carbonyl (C=O) groups is 2. The summed E-state index contributed by atoms with van der Waals surface area (Å²) in [6.07, 6.45) is 6.55. The first-order chi connectivity index (χ1) is 17.9. The number of hydrogen-bond donors (Lipinski definition) is 3. The molecule has 0 spiro atoms. The van der Waals surface area contributed by atoms with Crippen LogP contribution in [0.1, 0.15) is 60.3 Å². The predicted molar refractivity (Wildman–Crippen MR) is 136 cm³/mol. The largest absolute Gasteiger partial charge is 0.387 e. The number of carbonyl (C=O) groups excluding carboxylic acids is 2. The molecule has 190 valence electrons. The van der Waals surface area contributed by atoms with Crippen LogP contribution in [0, 0.1) is 6.92 Å². The molecule has 11 heteroatoms. The zero-order chi connectivity index (χ0) is 25.8. The van der Waals surface area contributed by atoms with Gasteiger partial charge in [-0.2, -0.15) is 14.7 Å². The number of H-pyrrole nitrogens is 1. The van der Waals surface area contributed by atoms with E-state index in [1.165, 1.54) is 11.4 Å². The Balaban J connectivity index is 1.41. The second-order valence-corrected chi connectivity index (χ2v) is 9.99. The lowest BCUT2D eigenvalue weighted by Gasteiger charge is -2.39. The Morgan fingerprint density at radius 3 is 2.51 bits per heavy atom. The van der Waals surface area contributed by atoms with Crippen molar-refractivity contribution < 1.29 is 14.7 Å². The molecule has 0 aromatic carbocycles. The van der Waals surface area contributed by atoms with Crippen LogP contribution in [0.15, 0.2) is 30.6 Å². The number of aromatic amines is 1. The number of nitrogens with zero attached hydrogens (tertiary/aromatic N) is 6. The van der Waals surface area contributed by atoms with E-state index < -0.39 is 6.61 Å². The maximum absolute atomic E-state index is 12.7. The summed E-state index contributed by atoms with van der Waals surface area (Å²) in [5.41, 5.74) is 12.2. The maximum atomic E-state index is 12.7. The molecule has 4 aromatic heterocycles. The third-order valence-corrected chi connectivity index (χ3v) is 7.65. The number of ketones is 1. The molecule has 11 nitrogen and oxygen atoms in total. The molecule has 0 saturated carbocycles. The van der Waals surface area contributed by atoms with Crippen molar-refractivity contribution in [3.8, 4) is 22.5 Å². The molecule has 0 aliphatic carbocycles. The van der Waals surface area contributed by atoms with Gasteiger partial charge in [0.15, 0.2) is 11.4 Å². The number of fused-ring (bicyclic) bond motifs is 3. The molecule has 2 bridgehead atoms. The average Bonchev–Trinajstić information content (AvgIpc) is 3.59. The molecule has 6 heterocycles. The van der Waals surface area contributed by atoms with Gasteiger partial charge >= 0.3 is 0 Å². The topological polar surface area (TPSA) is 155 Å². The lowest BCUT2D eigenvalue weighted by Crippen LogP contribution is -2.47. The summed E-state index contributed by atoms with van der Waals surface area (Å²) in [5.74, 6) is -0.172. The van der Waals surface area contributed by atoms with Crippen molar-refractivity contribution in [1.29, 1.82) is 0 Å². The minimum atomic E-state index is -0.487. The standard InChI is InChI=1S/C26H28N8O3/c1-13-7-21(32-31-13)20-6-3-15(10-28-20)19-11-29-34-25(27)23(14(2)36)24(30-26(19)34)16-8-17-4-5-18(9-16)33(17)22(37)12-35/h3,6-7,10-11,16-18,35H,4-5,8-9,12,27H2,1-2H3,(H,31,32)/t16?,17-,18+. The number of aliphatic hydroxyl groups excluding tert-OH is 1. The van der Waals surface area contributed by atoms with Gasteiger partial charge in [0.05, 0.1) is 23.1 Å². The van der Waals surface area contributed by atoms with Crippen molar-refractivity contribution in [2.75, 3.05) is 12.3 Å². The number of pyridine rings is 1. The van der Waals surface area contributed by atoms with E-state index in [2.05, 4.69) is 20.3 Å². The van der Waals surface area contributed by atoms with Crippen molar-refractivity contribution in [3.05, 3.63) is 47.5 Å². The van der Waals surface area contributed by atoms with Gasteiger partial charge in [0.1, 0.15) is 18.1 Å². The second-order valence-electron chi connectivity index (χ2n) is 9.99. The predicted octanol–water partition coefficient (Wildman–Crippen LogP) is 2.50. The molecule has 37 heavy (non-hydrogen) atoms. The van der Waals surface area contributed by atoms with E-state index in [4.69, 9.17) is 10.7 Å². The fraction of sp³-hybridized carbons (Fsp3) is 0.385. The molecule has 4 N–H and O–H groups in total. The van der Waals surface area contributed by atoms with Crippen LogP contribution in [-0.4, -0.2) is 70.2 Å². The van der Waals surface area contributed by atoms with Crippen LogP contribution in [0.3, 0.4) is 0 Å². The molecule has 6 rings (SSSR count). The Morgan fingerprint density at radius 1 is 1.16 bits per heavy atom. The lowest BCUT2D eigenvalue weighted by molar-refractivity contribution is -0.138. The number of Topliss-reactive ketones (excluding diaryl/α,β-unsaturated/α-hetero) is 1. The van der Waals surface area contributed by atoms with Gasteiger partial charge in [-0.05, 0) is 51.7 Å². The van der Waals surface area contributed by atoms with Crippen LogP contribution in [0.25, 0.3) is 28.2 Å². The first-order valence-corrected chi connectivity index (χ1v) is 12.4. The Kier molecular flexibility index (Phi) is 5.52. The van der Waals surface area contributed by atoms with Gasteiger partial charge in [0, 0.05) is 41.0 Å². The number of nitrogens with one attached hydrogen (secondary N) is 1. The number of anilines is 1. The number of nitrogens with two attached hydrogens (primary N) is 1. The SMILES string of the molecule is CC(=O)c1c(C2C[C@H]3CC[C@@H](C2)N3C(=O)CO)nc2c(-c3ccc(-c4cc(C)[nH]n4)nc3)cnn2c1N. The molecule has 0 radical (unpaired) electrons. The summed E-state index contributed by atoms with van der Waals surface area (Å²) in [6.45, 7) is 2.94. The van der Waals surface area contributed by atoms with Gasteiger partial charge in [0.25, 0.3) is 0 Å². The third kappa shape index (κ3) is 3.77. The molecular weight excluding hydrogens is 472 g/mol. The van der Waals surface area contributed by atoms with Crippen molar-refractivity contribution in [2.45, 2.75) is 57.5 Å². The Hall–Kier alpha value is -4.12. The highest BCUT2D eigenvalue weighted by molar-refractivity contribution is 6.00. The number of aliphatic hydroxyl groups is 1. The summed E-state index contributed by atoms with van der Waals surface area (Å²) >= 11 is 0. The first kappa shape index (κ1) is 23.3. The Labute approximate surface area is 212 Å². The van der Waals surface area contributed by atoms with Crippen LogP contribution >= 0.6 is 0 Å². The molecule has 1 unspecified atom stereocenters. The van der Waals surface area contributed by atoms with E-state index in [-0.39, 0.29) is 35.5 Å². The number of amides is 1. The van der Waals surface area contributed by atoms with Crippen LogP contribution in [0.5, 0.6) is 0 Å². The van der Waals surface area contributed by atoms with Gasteiger partial charge in [-0.25, -0.2) is 4.98 Å². The summed E-state index contributed by atoms with van der Waals surface area (Å²) < 4.78 is 1.51. The van der Waals surface area contributed by atoms with E-state index in [0.717, 1.165) is 41.1 Å². The monoisotopic (exact) mass is 500 g/mol. The van der Waals surface area contributed by atoms with E-state index in [1.54, 1.807) is 12.4 Å². The summed E-state index contributed by atoms with van der Waals surface area (Å²) in [5, 5.41) is 21.1. The second kappa shape index (κ2) is 8.77. The van der Waals surface area contributed by atoms with Crippen LogP contribution < -0.4 is 5.73 Å². The van der Waals surface area contributed by atoms with Gasteiger partial charge in [0.2, 0.25) is 5.91 Å². The fourth-order valence-corrected chi connectivity index (χ4v) is 6.04. The summed E-state index contributed by atoms with van der Waals surface area (Å²) in [6, 6.07) is 5.82. The van der Waals surface area contributed by atoms with Crippen LogP contribution in [-0.2, 0) is 4.79 Å². The van der Waals surface area contributed by atoms with Crippen molar-refractivity contribution in [2.24, 2.45) is 0 Å². The minimum absolute atomic E-state index is 0.0225. The number of aromatic nitrogens is 6. The highest BCUT2D eigenvalue weighted by atomic mass is 16.3. The van der Waals surface area contributed by atoms with Crippen molar-refractivity contribution in [1.82, 2.24) is 34.7 Å². The number of aryl methyl sites for hydroxylation is 1. The average molecular weight is 501 g/mol. The van der Waals surface area contributed by atoms with Gasteiger partial charge < -0.3 is 15.7 Å². The summed E-state index contributed by atoms with van der Waals surface area (Å²) in [4.78, 5) is 36.5. The molecule has 2 saturated heterocycles. The van der Waals surface area contributed by atoms with Gasteiger partial charge in [-0.15, -0.1) is 0 Å². The molecule has 4 aromatic rings. The normalized spacial score (nSPS) is 21.1. The maximum Gasteiger partial charge on any atom is 0.248 e.